The minimum Gasteiger partial charge on any atom is -0.478 e. The molecule has 76 valence electrons. The summed E-state index contributed by atoms with van der Waals surface area (Å²) in [6.45, 7) is 0. The van der Waals surface area contributed by atoms with E-state index in [2.05, 4.69) is 0 Å². The van der Waals surface area contributed by atoms with Crippen LogP contribution >= 0.6 is 11.8 Å². The average molecular weight is 220 g/mol. The van der Waals surface area contributed by atoms with Crippen LogP contribution in [0.2, 0.25) is 0 Å². The smallest absolute Gasteiger partial charge is 0.340 e. The number of hydrogen-bond donors (Lipinski definition) is 1. The third-order valence-electron chi connectivity index (χ3n) is 1.81. The first-order valence-corrected chi connectivity index (χ1v) is 5.12. The molecule has 0 unspecified atom stereocenters. The van der Waals surface area contributed by atoms with Crippen molar-refractivity contribution in [1.29, 1.82) is 0 Å². The van der Waals surface area contributed by atoms with Gasteiger partial charge in [-0.05, 0) is 18.2 Å². The molecule has 0 bridgehead atoms. The fraction of sp³-hybridized carbons (Fsp3) is 0. The summed E-state index contributed by atoms with van der Waals surface area (Å²) in [4.78, 5) is 11.8. The molecule has 0 aliphatic heterocycles. The van der Waals surface area contributed by atoms with Crippen LogP contribution < -0.4 is 0 Å². The fourth-order valence-corrected chi connectivity index (χ4v) is 2.00. The van der Waals surface area contributed by atoms with E-state index in [-0.39, 0.29) is 5.56 Å². The highest BCUT2D eigenvalue weighted by Crippen LogP contribution is 2.30. The van der Waals surface area contributed by atoms with Gasteiger partial charge in [0.1, 0.15) is 5.56 Å². The Kier molecular flexibility index (Phi) is 2.78. The van der Waals surface area contributed by atoms with E-state index in [0.29, 0.717) is 5.09 Å². The number of carbonyl (C=O) groups is 1. The molecule has 2 aromatic rings. The maximum Gasteiger partial charge on any atom is 0.340 e. The van der Waals surface area contributed by atoms with Crippen molar-refractivity contribution in [3.63, 3.8) is 0 Å². The molecule has 0 amide bonds. The monoisotopic (exact) mass is 220 g/mol. The largest absolute Gasteiger partial charge is 0.478 e. The van der Waals surface area contributed by atoms with Crippen LogP contribution in [0.3, 0.4) is 0 Å². The molecule has 0 radical (unpaired) electrons. The van der Waals surface area contributed by atoms with Crippen molar-refractivity contribution in [1.82, 2.24) is 0 Å². The molecule has 0 atom stereocenters. The summed E-state index contributed by atoms with van der Waals surface area (Å²) in [6, 6.07) is 11.0. The average Bonchev–Trinajstić information content (AvgIpc) is 2.67. The Balaban J connectivity index is 2.25. The van der Waals surface area contributed by atoms with Gasteiger partial charge in [0.05, 0.1) is 6.26 Å². The van der Waals surface area contributed by atoms with Gasteiger partial charge in [-0.2, -0.15) is 0 Å². The van der Waals surface area contributed by atoms with Crippen molar-refractivity contribution >= 4 is 17.7 Å². The van der Waals surface area contributed by atoms with Gasteiger partial charge < -0.3 is 9.52 Å². The predicted octanol–water partition coefficient (Wildman–Crippen LogP) is 3.13. The van der Waals surface area contributed by atoms with Crippen LogP contribution in [0, 0.1) is 0 Å². The molecule has 0 saturated heterocycles. The molecular weight excluding hydrogens is 212 g/mol. The molecule has 1 heterocycles. The van der Waals surface area contributed by atoms with Gasteiger partial charge in [-0.1, -0.05) is 30.0 Å². The Labute approximate surface area is 90.7 Å². The number of hydrogen-bond acceptors (Lipinski definition) is 3. The van der Waals surface area contributed by atoms with Crippen LogP contribution in [0.15, 0.2) is 57.1 Å². The zero-order chi connectivity index (χ0) is 10.7. The van der Waals surface area contributed by atoms with Crippen LogP contribution in [0.5, 0.6) is 0 Å². The quantitative estimate of drug-likeness (QED) is 0.863. The summed E-state index contributed by atoms with van der Waals surface area (Å²) in [5.41, 5.74) is 0.198. The number of carboxylic acid groups (broad SMARTS) is 1. The third kappa shape index (κ3) is 2.22. The summed E-state index contributed by atoms with van der Waals surface area (Å²) in [7, 11) is 0. The summed E-state index contributed by atoms with van der Waals surface area (Å²) in [6.07, 6.45) is 1.38. The highest BCUT2D eigenvalue weighted by atomic mass is 32.2. The van der Waals surface area contributed by atoms with Crippen molar-refractivity contribution in [3.05, 3.63) is 48.2 Å². The summed E-state index contributed by atoms with van der Waals surface area (Å²) in [5, 5.41) is 9.27. The lowest BCUT2D eigenvalue weighted by atomic mass is 10.3. The van der Waals surface area contributed by atoms with Gasteiger partial charge in [0.2, 0.25) is 0 Å². The Morgan fingerprint density at radius 1 is 1.20 bits per heavy atom. The number of carboxylic acids is 1. The summed E-state index contributed by atoms with van der Waals surface area (Å²) < 4.78 is 5.11. The van der Waals surface area contributed by atoms with Gasteiger partial charge in [-0.3, -0.25) is 0 Å². The normalized spacial score (nSPS) is 10.1. The zero-order valence-electron chi connectivity index (χ0n) is 7.71. The van der Waals surface area contributed by atoms with E-state index in [9.17, 15) is 4.79 Å². The predicted molar refractivity (Wildman–Crippen MR) is 56.2 cm³/mol. The molecule has 0 aliphatic rings. The Morgan fingerprint density at radius 2 is 1.93 bits per heavy atom. The summed E-state index contributed by atoms with van der Waals surface area (Å²) >= 11 is 1.30. The lowest BCUT2D eigenvalue weighted by molar-refractivity contribution is 0.0690. The highest BCUT2D eigenvalue weighted by molar-refractivity contribution is 7.99. The molecule has 2 rings (SSSR count). The van der Waals surface area contributed by atoms with E-state index < -0.39 is 5.97 Å². The van der Waals surface area contributed by atoms with Crippen molar-refractivity contribution in [2.45, 2.75) is 9.99 Å². The van der Waals surface area contributed by atoms with Gasteiger partial charge in [0.15, 0.2) is 5.09 Å². The molecule has 4 heteroatoms. The van der Waals surface area contributed by atoms with Crippen molar-refractivity contribution < 1.29 is 14.3 Å². The third-order valence-corrected chi connectivity index (χ3v) is 2.82. The molecule has 0 aliphatic carbocycles. The second-order valence-electron chi connectivity index (χ2n) is 2.84. The van der Waals surface area contributed by atoms with E-state index >= 15 is 0 Å². The van der Waals surface area contributed by atoms with E-state index in [0.717, 1.165) is 4.90 Å². The molecule has 1 N–H and O–H groups in total. The number of rotatable bonds is 3. The maximum absolute atomic E-state index is 10.8. The second kappa shape index (κ2) is 4.23. The van der Waals surface area contributed by atoms with Gasteiger partial charge >= 0.3 is 5.97 Å². The molecule has 0 fully saturated rings. The minimum absolute atomic E-state index is 0.198. The van der Waals surface area contributed by atoms with Crippen LogP contribution in [-0.4, -0.2) is 11.1 Å². The number of benzene rings is 1. The van der Waals surface area contributed by atoms with E-state index in [1.54, 1.807) is 0 Å². The molecule has 3 nitrogen and oxygen atoms in total. The standard InChI is InChI=1S/C11H8O3S/c12-10(13)9-6-7-14-11(9)15-8-4-2-1-3-5-8/h1-7H,(H,12,13). The number of furan rings is 1. The van der Waals surface area contributed by atoms with Crippen LogP contribution in [0.25, 0.3) is 0 Å². The van der Waals surface area contributed by atoms with E-state index in [1.807, 2.05) is 30.3 Å². The van der Waals surface area contributed by atoms with Crippen LogP contribution in [-0.2, 0) is 0 Å². The van der Waals surface area contributed by atoms with E-state index in [4.69, 9.17) is 9.52 Å². The lowest BCUT2D eigenvalue weighted by Crippen LogP contribution is -1.94. The lowest BCUT2D eigenvalue weighted by Gasteiger charge is -1.98. The molecule has 15 heavy (non-hydrogen) atoms. The Hall–Kier alpha value is -1.68. The Bertz CT molecular complexity index is 462. The first-order valence-electron chi connectivity index (χ1n) is 4.31. The van der Waals surface area contributed by atoms with Crippen LogP contribution in [0.4, 0.5) is 0 Å². The van der Waals surface area contributed by atoms with Gasteiger partial charge in [0, 0.05) is 4.90 Å². The molecule has 1 aromatic carbocycles. The van der Waals surface area contributed by atoms with Gasteiger partial charge in [0.25, 0.3) is 0 Å². The number of aromatic carboxylic acids is 1. The van der Waals surface area contributed by atoms with Crippen molar-refractivity contribution in [2.24, 2.45) is 0 Å². The molecule has 0 saturated carbocycles. The molecule has 0 spiro atoms. The van der Waals surface area contributed by atoms with E-state index in [1.165, 1.54) is 24.1 Å². The summed E-state index contributed by atoms with van der Waals surface area (Å²) in [5.74, 6) is -0.970. The highest BCUT2D eigenvalue weighted by Gasteiger charge is 2.13. The SMILES string of the molecule is O=C(O)c1ccoc1Sc1ccccc1. The molecular formula is C11H8O3S. The Morgan fingerprint density at radius 3 is 2.60 bits per heavy atom. The second-order valence-corrected chi connectivity index (χ2v) is 3.89. The zero-order valence-corrected chi connectivity index (χ0v) is 8.53. The topological polar surface area (TPSA) is 50.4 Å². The van der Waals surface area contributed by atoms with Gasteiger partial charge in [-0.25, -0.2) is 4.79 Å². The minimum atomic E-state index is -0.970. The van der Waals surface area contributed by atoms with Crippen molar-refractivity contribution in [3.8, 4) is 0 Å². The van der Waals surface area contributed by atoms with Crippen molar-refractivity contribution in [2.75, 3.05) is 0 Å². The first-order chi connectivity index (χ1) is 7.27. The fourth-order valence-electron chi connectivity index (χ4n) is 1.13. The maximum atomic E-state index is 10.8. The van der Waals surface area contributed by atoms with Gasteiger partial charge in [-0.15, -0.1) is 0 Å². The molecule has 1 aromatic heterocycles. The first kappa shape index (κ1) is 9.86. The van der Waals surface area contributed by atoms with Crippen LogP contribution in [0.1, 0.15) is 10.4 Å².